The van der Waals surface area contributed by atoms with Gasteiger partial charge in [0.15, 0.2) is 11.5 Å². The molecule has 2 amide bonds. The van der Waals surface area contributed by atoms with E-state index in [-0.39, 0.29) is 11.8 Å². The highest BCUT2D eigenvalue weighted by atomic mass is 16.6. The second-order valence-electron chi connectivity index (χ2n) is 7.25. The summed E-state index contributed by atoms with van der Waals surface area (Å²) in [6.45, 7) is 8.20. The zero-order chi connectivity index (χ0) is 19.8. The van der Waals surface area contributed by atoms with Crippen LogP contribution in [-0.4, -0.2) is 74.1 Å². The number of carbonyl (C=O) groups excluding carboxylic acids is 2. The van der Waals surface area contributed by atoms with Crippen molar-refractivity contribution in [2.45, 2.75) is 32.6 Å². The molecule has 28 heavy (non-hydrogen) atoms. The maximum Gasteiger partial charge on any atom is 0.224 e. The summed E-state index contributed by atoms with van der Waals surface area (Å²) in [6.07, 6.45) is 2.40. The highest BCUT2D eigenvalue weighted by molar-refractivity contribution is 5.79. The molecule has 1 aromatic rings. The fraction of sp³-hybridized carbons (Fsp3) is 0.619. The molecule has 1 fully saturated rings. The van der Waals surface area contributed by atoms with Gasteiger partial charge in [0.25, 0.3) is 0 Å². The smallest absolute Gasteiger partial charge is 0.224 e. The van der Waals surface area contributed by atoms with Gasteiger partial charge in [-0.3, -0.25) is 9.59 Å². The number of nitrogens with zero attached hydrogens (tertiary/aromatic N) is 2. The molecule has 0 atom stereocenters. The van der Waals surface area contributed by atoms with Crippen molar-refractivity contribution in [1.29, 1.82) is 0 Å². The molecule has 1 N–H and O–H groups in total. The summed E-state index contributed by atoms with van der Waals surface area (Å²) in [5, 5.41) is 2.87. The minimum Gasteiger partial charge on any atom is -0.486 e. The number of aryl methyl sites for hydroxylation is 1. The third-order valence-electron chi connectivity index (χ3n) is 5.31. The van der Waals surface area contributed by atoms with Gasteiger partial charge in [-0.05, 0) is 37.1 Å². The first-order valence-corrected chi connectivity index (χ1v) is 10.3. The summed E-state index contributed by atoms with van der Waals surface area (Å²) in [6, 6.07) is 5.93. The molecule has 7 nitrogen and oxygen atoms in total. The lowest BCUT2D eigenvalue weighted by Gasteiger charge is -2.34. The first kappa shape index (κ1) is 20.5. The van der Waals surface area contributed by atoms with E-state index in [9.17, 15) is 9.59 Å². The van der Waals surface area contributed by atoms with E-state index in [2.05, 4.69) is 17.1 Å². The molecule has 0 saturated carbocycles. The van der Waals surface area contributed by atoms with Crippen LogP contribution in [0.15, 0.2) is 18.2 Å². The Morgan fingerprint density at radius 3 is 2.54 bits per heavy atom. The molecule has 2 heterocycles. The van der Waals surface area contributed by atoms with Crippen LogP contribution in [0, 0.1) is 0 Å². The molecule has 2 aliphatic rings. The molecule has 0 aliphatic carbocycles. The Hall–Kier alpha value is -2.28. The third-order valence-corrected chi connectivity index (χ3v) is 5.31. The summed E-state index contributed by atoms with van der Waals surface area (Å²) in [7, 11) is 0. The summed E-state index contributed by atoms with van der Waals surface area (Å²) in [5.74, 6) is 1.70. The van der Waals surface area contributed by atoms with Crippen LogP contribution in [0.5, 0.6) is 11.5 Å². The average Bonchev–Trinajstić information content (AvgIpc) is 2.73. The maximum atomic E-state index is 12.2. The number of ether oxygens (including phenoxy) is 2. The van der Waals surface area contributed by atoms with Gasteiger partial charge in [-0.1, -0.05) is 13.0 Å². The Labute approximate surface area is 167 Å². The number of fused-ring (bicyclic) bond motifs is 1. The van der Waals surface area contributed by atoms with Crippen LogP contribution in [0.4, 0.5) is 0 Å². The topological polar surface area (TPSA) is 71.1 Å². The summed E-state index contributed by atoms with van der Waals surface area (Å²) in [4.78, 5) is 28.5. The van der Waals surface area contributed by atoms with Gasteiger partial charge >= 0.3 is 0 Å². The molecule has 0 aromatic heterocycles. The highest BCUT2D eigenvalue weighted by Crippen LogP contribution is 2.31. The summed E-state index contributed by atoms with van der Waals surface area (Å²) < 4.78 is 11.1. The van der Waals surface area contributed by atoms with Crippen molar-refractivity contribution in [3.8, 4) is 11.5 Å². The van der Waals surface area contributed by atoms with E-state index in [4.69, 9.17) is 9.47 Å². The lowest BCUT2D eigenvalue weighted by atomic mass is 10.1. The molecule has 0 radical (unpaired) electrons. The first-order chi connectivity index (χ1) is 13.7. The van der Waals surface area contributed by atoms with Gasteiger partial charge in [0, 0.05) is 45.6 Å². The Kier molecular flexibility index (Phi) is 7.54. The van der Waals surface area contributed by atoms with Crippen molar-refractivity contribution < 1.29 is 19.1 Å². The van der Waals surface area contributed by atoms with Crippen molar-refractivity contribution in [3.63, 3.8) is 0 Å². The minimum atomic E-state index is 0.00106. The zero-order valence-electron chi connectivity index (χ0n) is 16.7. The number of likely N-dealkylation sites (N-methyl/N-ethyl adjacent to an activating group) is 1. The number of hydrogen-bond acceptors (Lipinski definition) is 5. The number of carbonyl (C=O) groups is 2. The van der Waals surface area contributed by atoms with E-state index in [1.165, 1.54) is 0 Å². The van der Waals surface area contributed by atoms with E-state index in [0.29, 0.717) is 32.6 Å². The molecule has 7 heteroatoms. The van der Waals surface area contributed by atoms with Crippen LogP contribution in [-0.2, 0) is 16.0 Å². The standard InChI is InChI=1S/C21H31N3O4/c1-2-23-10-12-24(13-11-23)21(26)8-9-22-20(25)5-3-4-17-6-7-18-19(16-17)28-15-14-27-18/h6-7,16H,2-5,8-15H2,1H3,(H,22,25). The molecule has 1 saturated heterocycles. The van der Waals surface area contributed by atoms with Crippen molar-refractivity contribution in [2.24, 2.45) is 0 Å². The van der Waals surface area contributed by atoms with Gasteiger partial charge in [-0.15, -0.1) is 0 Å². The minimum absolute atomic E-state index is 0.00106. The third kappa shape index (κ3) is 5.86. The Bertz CT molecular complexity index is 672. The van der Waals surface area contributed by atoms with Gasteiger partial charge in [0.1, 0.15) is 13.2 Å². The van der Waals surface area contributed by atoms with Crippen LogP contribution in [0.1, 0.15) is 31.7 Å². The van der Waals surface area contributed by atoms with Crippen LogP contribution in [0.3, 0.4) is 0 Å². The number of amides is 2. The molecule has 1 aromatic carbocycles. The van der Waals surface area contributed by atoms with Gasteiger partial charge in [0.05, 0.1) is 0 Å². The highest BCUT2D eigenvalue weighted by Gasteiger charge is 2.19. The predicted octanol–water partition coefficient (Wildman–Crippen LogP) is 1.45. The van der Waals surface area contributed by atoms with Crippen LogP contribution < -0.4 is 14.8 Å². The Morgan fingerprint density at radius 1 is 1.04 bits per heavy atom. The van der Waals surface area contributed by atoms with E-state index in [1.807, 2.05) is 23.1 Å². The number of nitrogens with one attached hydrogen (secondary N) is 1. The van der Waals surface area contributed by atoms with Crippen molar-refractivity contribution in [2.75, 3.05) is 52.5 Å². The van der Waals surface area contributed by atoms with E-state index >= 15 is 0 Å². The SMILES string of the molecule is CCN1CCN(C(=O)CCNC(=O)CCCc2ccc3c(c2)OCCO3)CC1. The van der Waals surface area contributed by atoms with Gasteiger partial charge in [-0.25, -0.2) is 0 Å². The quantitative estimate of drug-likeness (QED) is 0.729. The molecule has 0 spiro atoms. The Balaban J connectivity index is 1.29. The van der Waals surface area contributed by atoms with Crippen molar-refractivity contribution >= 4 is 11.8 Å². The fourth-order valence-corrected chi connectivity index (χ4v) is 3.57. The monoisotopic (exact) mass is 389 g/mol. The largest absolute Gasteiger partial charge is 0.486 e. The van der Waals surface area contributed by atoms with Gasteiger partial charge < -0.3 is 24.6 Å². The predicted molar refractivity (Wildman–Crippen MR) is 107 cm³/mol. The molecule has 2 aliphatic heterocycles. The molecule has 3 rings (SSSR count). The summed E-state index contributed by atoms with van der Waals surface area (Å²) >= 11 is 0. The normalized spacial score (nSPS) is 16.7. The lowest BCUT2D eigenvalue weighted by molar-refractivity contribution is -0.132. The second-order valence-corrected chi connectivity index (χ2v) is 7.25. The molecular formula is C21H31N3O4. The molecule has 0 bridgehead atoms. The number of hydrogen-bond donors (Lipinski definition) is 1. The summed E-state index contributed by atoms with van der Waals surface area (Å²) in [5.41, 5.74) is 1.14. The van der Waals surface area contributed by atoms with Gasteiger partial charge in [-0.2, -0.15) is 0 Å². The average molecular weight is 389 g/mol. The van der Waals surface area contributed by atoms with Crippen molar-refractivity contribution in [3.05, 3.63) is 23.8 Å². The van der Waals surface area contributed by atoms with Crippen LogP contribution in [0.25, 0.3) is 0 Å². The number of piperazine rings is 1. The molecular weight excluding hydrogens is 358 g/mol. The van der Waals surface area contributed by atoms with E-state index < -0.39 is 0 Å². The van der Waals surface area contributed by atoms with E-state index in [0.717, 1.165) is 62.6 Å². The van der Waals surface area contributed by atoms with Crippen LogP contribution >= 0.6 is 0 Å². The van der Waals surface area contributed by atoms with Gasteiger partial charge in [0.2, 0.25) is 11.8 Å². The zero-order valence-corrected chi connectivity index (χ0v) is 16.7. The maximum absolute atomic E-state index is 12.2. The van der Waals surface area contributed by atoms with Crippen LogP contribution in [0.2, 0.25) is 0 Å². The fourth-order valence-electron chi connectivity index (χ4n) is 3.57. The molecule has 0 unspecified atom stereocenters. The van der Waals surface area contributed by atoms with Crippen molar-refractivity contribution in [1.82, 2.24) is 15.1 Å². The molecule has 154 valence electrons. The number of benzene rings is 1. The second kappa shape index (κ2) is 10.3. The van der Waals surface area contributed by atoms with E-state index in [1.54, 1.807) is 0 Å². The Morgan fingerprint density at radius 2 is 1.79 bits per heavy atom. The first-order valence-electron chi connectivity index (χ1n) is 10.3. The lowest BCUT2D eigenvalue weighted by Crippen LogP contribution is -2.49. The number of rotatable bonds is 8.